The Morgan fingerprint density at radius 3 is 2.26 bits per heavy atom. The SMILES string of the molecule is C1=CC(Cn2ccc3cc4c5ccccc5n(-c5ccccc5)c4c(-c4ccccc4)c32)=CCC1. The van der Waals surface area contributed by atoms with Gasteiger partial charge in [-0.05, 0) is 54.3 Å². The van der Waals surface area contributed by atoms with E-state index in [1.807, 2.05) is 0 Å². The quantitative estimate of drug-likeness (QED) is 0.254. The molecule has 4 aromatic carbocycles. The van der Waals surface area contributed by atoms with Crippen LogP contribution in [0, 0.1) is 0 Å². The van der Waals surface area contributed by atoms with Crippen LogP contribution in [0.15, 0.2) is 127 Å². The zero-order valence-electron chi connectivity index (χ0n) is 19.6. The molecule has 168 valence electrons. The average molecular weight is 451 g/mol. The second-order valence-electron chi connectivity index (χ2n) is 9.34. The summed E-state index contributed by atoms with van der Waals surface area (Å²) in [5, 5.41) is 3.87. The Morgan fingerprint density at radius 1 is 0.686 bits per heavy atom. The van der Waals surface area contributed by atoms with Gasteiger partial charge in [0.05, 0.1) is 16.6 Å². The molecule has 0 bridgehead atoms. The highest BCUT2D eigenvalue weighted by Crippen LogP contribution is 2.43. The molecule has 2 aromatic heterocycles. The number of benzene rings is 4. The standard InChI is InChI=1S/C33H26N2/c1-4-12-24(13-5-1)23-34-21-20-26-22-29-28-18-10-11-19-30(28)35(27-16-8-3-9-17-27)33(29)31(32(26)34)25-14-6-2-7-15-25/h2-4,6-22H,1,5,23H2. The molecule has 6 aromatic rings. The minimum Gasteiger partial charge on any atom is -0.342 e. The van der Waals surface area contributed by atoms with Gasteiger partial charge < -0.3 is 9.13 Å². The van der Waals surface area contributed by atoms with Crippen LogP contribution in [0.2, 0.25) is 0 Å². The number of para-hydroxylation sites is 2. The van der Waals surface area contributed by atoms with Crippen molar-refractivity contribution in [3.8, 4) is 16.8 Å². The maximum absolute atomic E-state index is 2.45. The summed E-state index contributed by atoms with van der Waals surface area (Å²) in [7, 11) is 0. The molecule has 0 amide bonds. The predicted octanol–water partition coefficient (Wildman–Crippen LogP) is 8.68. The maximum atomic E-state index is 2.45. The summed E-state index contributed by atoms with van der Waals surface area (Å²) in [6, 6.07) is 35.1. The Morgan fingerprint density at radius 2 is 1.46 bits per heavy atom. The minimum absolute atomic E-state index is 0.886. The van der Waals surface area contributed by atoms with Gasteiger partial charge >= 0.3 is 0 Å². The summed E-state index contributed by atoms with van der Waals surface area (Å²) in [4.78, 5) is 0. The number of rotatable bonds is 4. The van der Waals surface area contributed by atoms with Gasteiger partial charge in [0.2, 0.25) is 0 Å². The predicted molar refractivity (Wildman–Crippen MR) is 148 cm³/mol. The third kappa shape index (κ3) is 3.25. The lowest BCUT2D eigenvalue weighted by atomic mass is 9.98. The van der Waals surface area contributed by atoms with Crippen LogP contribution in [-0.4, -0.2) is 9.13 Å². The van der Waals surface area contributed by atoms with E-state index in [-0.39, 0.29) is 0 Å². The van der Waals surface area contributed by atoms with Crippen LogP contribution in [0.3, 0.4) is 0 Å². The van der Waals surface area contributed by atoms with Crippen molar-refractivity contribution >= 4 is 32.7 Å². The van der Waals surface area contributed by atoms with Gasteiger partial charge in [-0.2, -0.15) is 0 Å². The van der Waals surface area contributed by atoms with Crippen molar-refractivity contribution in [2.75, 3.05) is 0 Å². The lowest BCUT2D eigenvalue weighted by Crippen LogP contribution is -2.02. The largest absolute Gasteiger partial charge is 0.342 e. The Bertz CT molecular complexity index is 1750. The number of hydrogen-bond acceptors (Lipinski definition) is 0. The normalized spacial score (nSPS) is 13.7. The Labute approximate surface area is 205 Å². The van der Waals surface area contributed by atoms with Crippen molar-refractivity contribution in [2.45, 2.75) is 19.4 Å². The van der Waals surface area contributed by atoms with Gasteiger partial charge in [0, 0.05) is 40.2 Å². The minimum atomic E-state index is 0.886. The number of nitrogens with zero attached hydrogens (tertiary/aromatic N) is 2. The van der Waals surface area contributed by atoms with Gasteiger partial charge in [-0.25, -0.2) is 0 Å². The zero-order chi connectivity index (χ0) is 23.2. The van der Waals surface area contributed by atoms with E-state index in [1.54, 1.807) is 0 Å². The van der Waals surface area contributed by atoms with Gasteiger partial charge in [0.15, 0.2) is 0 Å². The highest BCUT2D eigenvalue weighted by atomic mass is 15.0. The van der Waals surface area contributed by atoms with Gasteiger partial charge in [-0.15, -0.1) is 0 Å². The van der Waals surface area contributed by atoms with Crippen LogP contribution >= 0.6 is 0 Å². The highest BCUT2D eigenvalue weighted by Gasteiger charge is 2.21. The van der Waals surface area contributed by atoms with Crippen molar-refractivity contribution in [3.63, 3.8) is 0 Å². The smallest absolute Gasteiger partial charge is 0.0640 e. The first-order valence-electron chi connectivity index (χ1n) is 12.4. The molecule has 2 heteroatoms. The molecule has 0 unspecified atom stereocenters. The molecule has 0 saturated heterocycles. The first kappa shape index (κ1) is 20.1. The fourth-order valence-corrected chi connectivity index (χ4v) is 5.66. The molecule has 0 radical (unpaired) electrons. The van der Waals surface area contributed by atoms with Crippen LogP contribution in [-0.2, 0) is 6.54 Å². The van der Waals surface area contributed by atoms with Crippen LogP contribution in [0.4, 0.5) is 0 Å². The molecule has 0 fully saturated rings. The molecule has 35 heavy (non-hydrogen) atoms. The number of aromatic nitrogens is 2. The lowest BCUT2D eigenvalue weighted by Gasteiger charge is -2.16. The van der Waals surface area contributed by atoms with Gasteiger partial charge in [-0.3, -0.25) is 0 Å². The summed E-state index contributed by atoms with van der Waals surface area (Å²) in [6.07, 6.45) is 11.5. The molecule has 2 nitrogen and oxygen atoms in total. The zero-order valence-corrected chi connectivity index (χ0v) is 19.6. The van der Waals surface area contributed by atoms with E-state index < -0.39 is 0 Å². The molecule has 1 aliphatic rings. The number of allylic oxidation sites excluding steroid dienone is 4. The molecule has 7 rings (SSSR count). The summed E-state index contributed by atoms with van der Waals surface area (Å²) in [5.41, 5.74) is 8.92. The number of fused-ring (bicyclic) bond motifs is 4. The molecule has 1 aliphatic carbocycles. The molecule has 0 spiro atoms. The Kier molecular flexibility index (Phi) is 4.70. The van der Waals surface area contributed by atoms with Gasteiger partial charge in [0.25, 0.3) is 0 Å². The van der Waals surface area contributed by atoms with Crippen molar-refractivity contribution in [3.05, 3.63) is 127 Å². The molecule has 0 atom stereocenters. The van der Waals surface area contributed by atoms with E-state index in [2.05, 4.69) is 131 Å². The highest BCUT2D eigenvalue weighted by molar-refractivity contribution is 6.20. The maximum Gasteiger partial charge on any atom is 0.0640 e. The van der Waals surface area contributed by atoms with Crippen LogP contribution < -0.4 is 0 Å². The van der Waals surface area contributed by atoms with Crippen molar-refractivity contribution in [1.29, 1.82) is 0 Å². The van der Waals surface area contributed by atoms with Crippen LogP contribution in [0.1, 0.15) is 12.8 Å². The Balaban J connectivity index is 1.65. The Hall–Kier alpha value is -4.30. The number of hydrogen-bond donors (Lipinski definition) is 0. The first-order valence-corrected chi connectivity index (χ1v) is 12.4. The molecule has 2 heterocycles. The topological polar surface area (TPSA) is 9.86 Å². The van der Waals surface area contributed by atoms with E-state index in [0.29, 0.717) is 0 Å². The van der Waals surface area contributed by atoms with E-state index in [1.165, 1.54) is 55.1 Å². The molecule has 0 saturated carbocycles. The van der Waals surface area contributed by atoms with E-state index in [0.717, 1.165) is 19.4 Å². The summed E-state index contributed by atoms with van der Waals surface area (Å²) < 4.78 is 4.88. The van der Waals surface area contributed by atoms with E-state index in [9.17, 15) is 0 Å². The molecular weight excluding hydrogens is 424 g/mol. The molecule has 0 aliphatic heterocycles. The molecule has 0 N–H and O–H groups in total. The monoisotopic (exact) mass is 450 g/mol. The third-order valence-corrected chi connectivity index (χ3v) is 7.18. The summed E-state index contributed by atoms with van der Waals surface area (Å²) in [5.74, 6) is 0. The van der Waals surface area contributed by atoms with E-state index >= 15 is 0 Å². The van der Waals surface area contributed by atoms with Crippen molar-refractivity contribution in [2.24, 2.45) is 0 Å². The average Bonchev–Trinajstić information content (AvgIpc) is 3.48. The second-order valence-corrected chi connectivity index (χ2v) is 9.34. The lowest BCUT2D eigenvalue weighted by molar-refractivity contribution is 0.820. The fraction of sp³-hybridized carbons (Fsp3) is 0.0909. The summed E-state index contributed by atoms with van der Waals surface area (Å²) >= 11 is 0. The second kappa shape index (κ2) is 8.18. The fourth-order valence-electron chi connectivity index (χ4n) is 5.66. The van der Waals surface area contributed by atoms with Gasteiger partial charge in [-0.1, -0.05) is 85.0 Å². The third-order valence-electron chi connectivity index (χ3n) is 7.18. The van der Waals surface area contributed by atoms with Crippen molar-refractivity contribution < 1.29 is 0 Å². The van der Waals surface area contributed by atoms with E-state index in [4.69, 9.17) is 0 Å². The van der Waals surface area contributed by atoms with Crippen molar-refractivity contribution in [1.82, 2.24) is 9.13 Å². The van der Waals surface area contributed by atoms with Crippen LogP contribution in [0.5, 0.6) is 0 Å². The van der Waals surface area contributed by atoms with Gasteiger partial charge in [0.1, 0.15) is 0 Å². The van der Waals surface area contributed by atoms with Crippen LogP contribution in [0.25, 0.3) is 49.5 Å². The molecular formula is C33H26N2. The first-order chi connectivity index (χ1) is 17.4. The summed E-state index contributed by atoms with van der Waals surface area (Å²) in [6.45, 7) is 0.886.